The number of ketones is 1. The molecule has 29 heavy (non-hydrogen) atoms. The van der Waals surface area contributed by atoms with Crippen molar-refractivity contribution < 1.29 is 22.7 Å². The van der Waals surface area contributed by atoms with Crippen molar-refractivity contribution in [3.05, 3.63) is 59.4 Å². The van der Waals surface area contributed by atoms with Crippen molar-refractivity contribution in [2.75, 3.05) is 6.61 Å². The van der Waals surface area contributed by atoms with Gasteiger partial charge >= 0.3 is 6.18 Å². The minimum atomic E-state index is -4.39. The van der Waals surface area contributed by atoms with Crippen LogP contribution in [-0.2, 0) is 12.6 Å². The van der Waals surface area contributed by atoms with Crippen LogP contribution in [0.1, 0.15) is 67.6 Å². The van der Waals surface area contributed by atoms with Gasteiger partial charge in [0, 0.05) is 19.0 Å². The lowest BCUT2D eigenvalue weighted by Gasteiger charge is -2.10. The second-order valence-electron chi connectivity index (χ2n) is 7.36. The van der Waals surface area contributed by atoms with E-state index in [9.17, 15) is 18.0 Å². The topological polar surface area (TPSA) is 39.2 Å². The largest absolute Gasteiger partial charge is 0.493 e. The highest BCUT2D eigenvalue weighted by Crippen LogP contribution is 2.31. The van der Waals surface area contributed by atoms with Crippen LogP contribution in [0.25, 0.3) is 0 Å². The van der Waals surface area contributed by atoms with E-state index < -0.39 is 11.7 Å². The highest BCUT2D eigenvalue weighted by Gasteiger charge is 2.30. The van der Waals surface area contributed by atoms with Gasteiger partial charge in [0.2, 0.25) is 0 Å². The molecule has 2 aromatic rings. The summed E-state index contributed by atoms with van der Waals surface area (Å²) in [6.07, 6.45) is 2.45. The maximum absolute atomic E-state index is 12.7. The highest BCUT2D eigenvalue weighted by molar-refractivity contribution is 5.94. The molecule has 0 radical (unpaired) electrons. The lowest BCUT2D eigenvalue weighted by molar-refractivity contribution is -0.137. The molecule has 1 heterocycles. The number of carbonyl (C=O) groups is 1. The molecule has 1 unspecified atom stereocenters. The van der Waals surface area contributed by atoms with Crippen molar-refractivity contribution in [3.8, 4) is 5.75 Å². The van der Waals surface area contributed by atoms with Gasteiger partial charge in [0.05, 0.1) is 12.2 Å². The van der Waals surface area contributed by atoms with Gasteiger partial charge in [-0.1, -0.05) is 45.2 Å². The Morgan fingerprint density at radius 1 is 1.17 bits per heavy atom. The van der Waals surface area contributed by atoms with E-state index in [1.165, 1.54) is 12.1 Å². The van der Waals surface area contributed by atoms with Gasteiger partial charge in [0.15, 0.2) is 5.78 Å². The van der Waals surface area contributed by atoms with E-state index in [0.29, 0.717) is 24.5 Å². The first-order chi connectivity index (χ1) is 13.8. The molecule has 0 aliphatic carbocycles. The number of halogens is 3. The predicted octanol–water partition coefficient (Wildman–Crippen LogP) is 6.51. The van der Waals surface area contributed by atoms with Crippen LogP contribution in [-0.4, -0.2) is 17.4 Å². The molecule has 158 valence electrons. The summed E-state index contributed by atoms with van der Waals surface area (Å²) in [4.78, 5) is 16.4. The summed E-state index contributed by atoms with van der Waals surface area (Å²) in [7, 11) is 0. The Kier molecular flexibility index (Phi) is 8.68. The summed E-state index contributed by atoms with van der Waals surface area (Å²) in [5.74, 6) is 0.915. The molecular formula is C23H28F3NO2. The molecule has 0 aliphatic rings. The van der Waals surface area contributed by atoms with Crippen molar-refractivity contribution in [2.24, 2.45) is 5.92 Å². The van der Waals surface area contributed by atoms with E-state index in [2.05, 4.69) is 18.8 Å². The maximum atomic E-state index is 12.7. The third-order valence-corrected chi connectivity index (χ3v) is 4.98. The Morgan fingerprint density at radius 2 is 1.97 bits per heavy atom. The summed E-state index contributed by atoms with van der Waals surface area (Å²) in [5.41, 5.74) is 0.588. The number of benzene rings is 1. The molecule has 0 aliphatic heterocycles. The Morgan fingerprint density at radius 3 is 2.62 bits per heavy atom. The van der Waals surface area contributed by atoms with E-state index in [1.807, 2.05) is 6.07 Å². The molecule has 0 saturated heterocycles. The standard InChI is InChI=1S/C23H28F3NO2/c1-3-17(2)7-4-5-10-22(28)21-12-11-18(16-27-21)13-14-29-20-9-6-8-19(15-20)23(24,25)26/h6,8-9,11-12,15-17H,3-5,7,10,13-14H2,1-2H3. The van der Waals surface area contributed by atoms with Gasteiger partial charge in [-0.2, -0.15) is 13.2 Å². The molecule has 1 atom stereocenters. The number of unbranched alkanes of at least 4 members (excludes halogenated alkanes) is 1. The molecule has 1 aromatic heterocycles. The molecule has 0 spiro atoms. The van der Waals surface area contributed by atoms with Crippen molar-refractivity contribution in [1.29, 1.82) is 0 Å². The molecule has 0 N–H and O–H groups in total. The molecule has 0 amide bonds. The monoisotopic (exact) mass is 407 g/mol. The van der Waals surface area contributed by atoms with Gasteiger partial charge in [-0.25, -0.2) is 0 Å². The van der Waals surface area contributed by atoms with E-state index in [-0.39, 0.29) is 18.1 Å². The fourth-order valence-electron chi connectivity index (χ4n) is 2.90. The van der Waals surface area contributed by atoms with Crippen LogP contribution in [0.4, 0.5) is 13.2 Å². The quantitative estimate of drug-likeness (QED) is 0.315. The number of hydrogen-bond acceptors (Lipinski definition) is 3. The van der Waals surface area contributed by atoms with Gasteiger partial charge < -0.3 is 4.74 Å². The Balaban J connectivity index is 1.77. The molecule has 6 heteroatoms. The third-order valence-electron chi connectivity index (χ3n) is 4.98. The summed E-state index contributed by atoms with van der Waals surface area (Å²) in [6.45, 7) is 4.62. The Labute approximate surface area is 170 Å². The SMILES string of the molecule is CCC(C)CCCCC(=O)c1ccc(CCOc2cccc(C(F)(F)F)c2)cn1. The van der Waals surface area contributed by atoms with Crippen LogP contribution in [0.5, 0.6) is 5.75 Å². The van der Waals surface area contributed by atoms with E-state index in [4.69, 9.17) is 4.74 Å². The van der Waals surface area contributed by atoms with Crippen LogP contribution < -0.4 is 4.74 Å². The average Bonchev–Trinajstić information content (AvgIpc) is 2.71. The number of Topliss-reactive ketones (excluding diaryl/α,β-unsaturated/α-hetero) is 1. The zero-order valence-electron chi connectivity index (χ0n) is 17.0. The smallest absolute Gasteiger partial charge is 0.416 e. The zero-order valence-corrected chi connectivity index (χ0v) is 17.0. The van der Waals surface area contributed by atoms with Crippen molar-refractivity contribution >= 4 is 5.78 Å². The number of pyridine rings is 1. The minimum absolute atomic E-state index is 0.0425. The van der Waals surface area contributed by atoms with Crippen LogP contribution in [0.2, 0.25) is 0 Å². The van der Waals surface area contributed by atoms with Crippen molar-refractivity contribution in [3.63, 3.8) is 0 Å². The van der Waals surface area contributed by atoms with Crippen LogP contribution in [0.15, 0.2) is 42.6 Å². The van der Waals surface area contributed by atoms with Gasteiger partial charge in [0.1, 0.15) is 11.4 Å². The fraction of sp³-hybridized carbons (Fsp3) is 0.478. The summed E-state index contributed by atoms with van der Waals surface area (Å²) >= 11 is 0. The minimum Gasteiger partial charge on any atom is -0.493 e. The van der Waals surface area contributed by atoms with Gasteiger partial charge in [-0.05, 0) is 42.2 Å². The second kappa shape index (κ2) is 11.0. The van der Waals surface area contributed by atoms with Crippen LogP contribution in [0.3, 0.4) is 0 Å². The summed E-state index contributed by atoms with van der Waals surface area (Å²) in [5, 5.41) is 0. The van der Waals surface area contributed by atoms with E-state index in [0.717, 1.165) is 43.4 Å². The molecule has 1 aromatic carbocycles. The van der Waals surface area contributed by atoms with Gasteiger partial charge in [0.25, 0.3) is 0 Å². The van der Waals surface area contributed by atoms with Gasteiger partial charge in [-0.3, -0.25) is 9.78 Å². The molecule has 0 bridgehead atoms. The molecule has 0 fully saturated rings. The first kappa shape index (κ1) is 22.9. The lowest BCUT2D eigenvalue weighted by atomic mass is 9.99. The van der Waals surface area contributed by atoms with Crippen LogP contribution in [0, 0.1) is 5.92 Å². The number of hydrogen-bond donors (Lipinski definition) is 0. The first-order valence-electron chi connectivity index (χ1n) is 10.1. The number of aromatic nitrogens is 1. The van der Waals surface area contributed by atoms with Gasteiger partial charge in [-0.15, -0.1) is 0 Å². The normalized spacial score (nSPS) is 12.6. The summed E-state index contributed by atoms with van der Waals surface area (Å²) in [6, 6.07) is 8.34. The maximum Gasteiger partial charge on any atom is 0.416 e. The Bertz CT molecular complexity index is 772. The van der Waals surface area contributed by atoms with Crippen molar-refractivity contribution in [2.45, 2.75) is 58.5 Å². The molecule has 3 nitrogen and oxygen atoms in total. The number of ether oxygens (including phenoxy) is 1. The summed E-state index contributed by atoms with van der Waals surface area (Å²) < 4.78 is 43.6. The molecular weight excluding hydrogens is 379 g/mol. The Hall–Kier alpha value is -2.37. The number of nitrogens with zero attached hydrogens (tertiary/aromatic N) is 1. The number of carbonyl (C=O) groups excluding carboxylic acids is 1. The fourth-order valence-corrected chi connectivity index (χ4v) is 2.90. The first-order valence-corrected chi connectivity index (χ1v) is 10.1. The van der Waals surface area contributed by atoms with Crippen LogP contribution >= 0.6 is 0 Å². The second-order valence-corrected chi connectivity index (χ2v) is 7.36. The van der Waals surface area contributed by atoms with E-state index in [1.54, 1.807) is 12.3 Å². The predicted molar refractivity (Wildman–Crippen MR) is 107 cm³/mol. The lowest BCUT2D eigenvalue weighted by Crippen LogP contribution is -2.07. The zero-order chi connectivity index (χ0) is 21.3. The number of rotatable bonds is 11. The average molecular weight is 407 g/mol. The van der Waals surface area contributed by atoms with Crippen molar-refractivity contribution in [1.82, 2.24) is 4.98 Å². The number of alkyl halides is 3. The van der Waals surface area contributed by atoms with E-state index >= 15 is 0 Å². The highest BCUT2D eigenvalue weighted by atomic mass is 19.4. The third kappa shape index (κ3) is 7.87. The molecule has 0 saturated carbocycles. The molecule has 2 rings (SSSR count).